The van der Waals surface area contributed by atoms with Crippen LogP contribution in [0.5, 0.6) is 0 Å². The van der Waals surface area contributed by atoms with Crippen molar-refractivity contribution in [1.29, 1.82) is 0 Å². The van der Waals surface area contributed by atoms with Crippen molar-refractivity contribution < 1.29 is 9.21 Å². The number of rotatable bonds is 3. The highest BCUT2D eigenvalue weighted by atomic mass is 16.3. The van der Waals surface area contributed by atoms with E-state index in [1.807, 2.05) is 41.3 Å². The number of para-hydroxylation sites is 1. The van der Waals surface area contributed by atoms with Gasteiger partial charge in [0.2, 0.25) is 0 Å². The molecule has 0 saturated carbocycles. The van der Waals surface area contributed by atoms with E-state index in [1.54, 1.807) is 0 Å². The lowest BCUT2D eigenvalue weighted by Gasteiger charge is -2.21. The van der Waals surface area contributed by atoms with Gasteiger partial charge in [-0.1, -0.05) is 48.5 Å². The summed E-state index contributed by atoms with van der Waals surface area (Å²) < 4.78 is 5.74. The standard InChI is InChI=1S/C21H22N2O2/c24-21(20-15-18-9-4-5-10-19(18)25-20)23-12-6-11-22(13-14-23)16-17-7-2-1-3-8-17/h1-5,7-10,15H,6,11-14,16H2. The number of carbonyl (C=O) groups is 1. The summed E-state index contributed by atoms with van der Waals surface area (Å²) in [5.74, 6) is 0.440. The molecular formula is C21H22N2O2. The van der Waals surface area contributed by atoms with Gasteiger partial charge < -0.3 is 9.32 Å². The number of carbonyl (C=O) groups excluding carboxylic acids is 1. The van der Waals surface area contributed by atoms with Crippen LogP contribution in [0.15, 0.2) is 65.1 Å². The molecule has 1 fully saturated rings. The Bertz CT molecular complexity index is 823. The van der Waals surface area contributed by atoms with Crippen LogP contribution >= 0.6 is 0 Å². The lowest BCUT2D eigenvalue weighted by Crippen LogP contribution is -2.34. The molecule has 1 saturated heterocycles. The molecule has 4 rings (SSSR count). The first-order valence-electron chi connectivity index (χ1n) is 8.84. The molecule has 0 bridgehead atoms. The van der Waals surface area contributed by atoms with Gasteiger partial charge in [-0.05, 0) is 24.1 Å². The number of nitrogens with zero attached hydrogens (tertiary/aromatic N) is 2. The molecule has 1 aromatic heterocycles. The minimum atomic E-state index is -0.00207. The zero-order valence-corrected chi connectivity index (χ0v) is 14.2. The molecule has 0 N–H and O–H groups in total. The van der Waals surface area contributed by atoms with Gasteiger partial charge in [0, 0.05) is 38.1 Å². The molecule has 4 heteroatoms. The molecule has 1 aliphatic rings. The van der Waals surface area contributed by atoms with E-state index in [2.05, 4.69) is 29.2 Å². The summed E-state index contributed by atoms with van der Waals surface area (Å²) in [6.45, 7) is 4.36. The molecule has 4 nitrogen and oxygen atoms in total. The van der Waals surface area contributed by atoms with E-state index in [9.17, 15) is 4.79 Å². The first-order chi connectivity index (χ1) is 12.3. The van der Waals surface area contributed by atoms with Crippen molar-refractivity contribution >= 4 is 16.9 Å². The molecule has 3 aromatic rings. The van der Waals surface area contributed by atoms with E-state index < -0.39 is 0 Å². The third-order valence-corrected chi connectivity index (χ3v) is 4.76. The van der Waals surface area contributed by atoms with Gasteiger partial charge in [0.1, 0.15) is 5.58 Å². The second-order valence-electron chi connectivity index (χ2n) is 6.56. The normalized spacial score (nSPS) is 16.1. The highest BCUT2D eigenvalue weighted by molar-refractivity contribution is 5.96. The van der Waals surface area contributed by atoms with Crippen molar-refractivity contribution in [3.63, 3.8) is 0 Å². The second kappa shape index (κ2) is 7.11. The van der Waals surface area contributed by atoms with Crippen molar-refractivity contribution in [2.45, 2.75) is 13.0 Å². The summed E-state index contributed by atoms with van der Waals surface area (Å²) in [4.78, 5) is 17.1. The average molecular weight is 334 g/mol. The Morgan fingerprint density at radius 3 is 2.56 bits per heavy atom. The van der Waals surface area contributed by atoms with E-state index in [4.69, 9.17) is 4.42 Å². The fourth-order valence-corrected chi connectivity index (χ4v) is 3.42. The summed E-state index contributed by atoms with van der Waals surface area (Å²) in [6.07, 6.45) is 0.985. The molecule has 0 atom stereocenters. The molecule has 128 valence electrons. The lowest BCUT2D eigenvalue weighted by molar-refractivity contribution is 0.0731. The second-order valence-corrected chi connectivity index (χ2v) is 6.56. The number of hydrogen-bond donors (Lipinski definition) is 0. The summed E-state index contributed by atoms with van der Waals surface area (Å²) >= 11 is 0. The number of furan rings is 1. The zero-order valence-electron chi connectivity index (χ0n) is 14.2. The SMILES string of the molecule is O=C(c1cc2ccccc2o1)N1CCCN(Cc2ccccc2)CC1. The highest BCUT2D eigenvalue weighted by Gasteiger charge is 2.23. The van der Waals surface area contributed by atoms with Crippen molar-refractivity contribution in [2.24, 2.45) is 0 Å². The van der Waals surface area contributed by atoms with Crippen LogP contribution in [0, 0.1) is 0 Å². The Kier molecular flexibility index (Phi) is 4.53. The Balaban J connectivity index is 1.42. The maximum atomic E-state index is 12.8. The van der Waals surface area contributed by atoms with Gasteiger partial charge in [-0.2, -0.15) is 0 Å². The van der Waals surface area contributed by atoms with E-state index in [0.29, 0.717) is 5.76 Å². The Morgan fingerprint density at radius 2 is 1.72 bits per heavy atom. The molecule has 2 heterocycles. The fourth-order valence-electron chi connectivity index (χ4n) is 3.42. The predicted octanol–water partition coefficient (Wildman–Crippen LogP) is 3.78. The van der Waals surface area contributed by atoms with Crippen LogP contribution in [0.3, 0.4) is 0 Å². The maximum absolute atomic E-state index is 12.8. The third kappa shape index (κ3) is 3.59. The number of benzene rings is 2. The van der Waals surface area contributed by atoms with Crippen LogP contribution in [0.25, 0.3) is 11.0 Å². The molecule has 0 spiro atoms. The van der Waals surface area contributed by atoms with E-state index in [1.165, 1.54) is 5.56 Å². The van der Waals surface area contributed by atoms with Crippen LogP contribution in [-0.2, 0) is 6.54 Å². The predicted molar refractivity (Wildman–Crippen MR) is 98.5 cm³/mol. The summed E-state index contributed by atoms with van der Waals surface area (Å²) in [5.41, 5.74) is 2.09. The van der Waals surface area contributed by atoms with Crippen LogP contribution in [0.1, 0.15) is 22.5 Å². The van der Waals surface area contributed by atoms with Crippen molar-refractivity contribution in [2.75, 3.05) is 26.2 Å². The topological polar surface area (TPSA) is 36.7 Å². The van der Waals surface area contributed by atoms with Crippen molar-refractivity contribution in [1.82, 2.24) is 9.80 Å². The quantitative estimate of drug-likeness (QED) is 0.731. The maximum Gasteiger partial charge on any atom is 0.289 e. The summed E-state index contributed by atoms with van der Waals surface area (Å²) in [7, 11) is 0. The van der Waals surface area contributed by atoms with Gasteiger partial charge in [0.15, 0.2) is 5.76 Å². The molecule has 0 unspecified atom stereocenters. The molecule has 2 aromatic carbocycles. The average Bonchev–Trinajstić information content (AvgIpc) is 2.95. The third-order valence-electron chi connectivity index (χ3n) is 4.76. The number of fused-ring (bicyclic) bond motifs is 1. The summed E-state index contributed by atoms with van der Waals surface area (Å²) in [5, 5.41) is 0.978. The number of amides is 1. The Morgan fingerprint density at radius 1 is 0.920 bits per heavy atom. The lowest BCUT2D eigenvalue weighted by atomic mass is 10.2. The molecule has 0 radical (unpaired) electrons. The number of hydrogen-bond acceptors (Lipinski definition) is 3. The monoisotopic (exact) mass is 334 g/mol. The van der Waals surface area contributed by atoms with Gasteiger partial charge >= 0.3 is 0 Å². The summed E-state index contributed by atoms with van der Waals surface area (Å²) in [6, 6.07) is 20.1. The molecule has 0 aliphatic carbocycles. The van der Waals surface area contributed by atoms with Crippen molar-refractivity contribution in [3.8, 4) is 0 Å². The van der Waals surface area contributed by atoms with Crippen LogP contribution < -0.4 is 0 Å². The fraction of sp³-hybridized carbons (Fsp3) is 0.286. The molecular weight excluding hydrogens is 312 g/mol. The van der Waals surface area contributed by atoms with Crippen LogP contribution in [-0.4, -0.2) is 41.9 Å². The van der Waals surface area contributed by atoms with E-state index in [-0.39, 0.29) is 5.91 Å². The zero-order chi connectivity index (χ0) is 17.1. The van der Waals surface area contributed by atoms with Gasteiger partial charge in [0.25, 0.3) is 5.91 Å². The molecule has 25 heavy (non-hydrogen) atoms. The van der Waals surface area contributed by atoms with Gasteiger partial charge in [-0.25, -0.2) is 0 Å². The highest BCUT2D eigenvalue weighted by Crippen LogP contribution is 2.20. The first kappa shape index (κ1) is 15.9. The first-order valence-corrected chi connectivity index (χ1v) is 8.84. The van der Waals surface area contributed by atoms with Gasteiger partial charge in [-0.15, -0.1) is 0 Å². The largest absolute Gasteiger partial charge is 0.451 e. The van der Waals surface area contributed by atoms with Crippen molar-refractivity contribution in [3.05, 3.63) is 72.0 Å². The Hall–Kier alpha value is -2.59. The molecule has 1 amide bonds. The minimum Gasteiger partial charge on any atom is -0.451 e. The van der Waals surface area contributed by atoms with Gasteiger partial charge in [-0.3, -0.25) is 9.69 Å². The van der Waals surface area contributed by atoms with Gasteiger partial charge in [0.05, 0.1) is 0 Å². The van der Waals surface area contributed by atoms with E-state index in [0.717, 1.165) is 50.1 Å². The Labute approximate surface area is 147 Å². The minimum absolute atomic E-state index is 0.00207. The van der Waals surface area contributed by atoms with Crippen LogP contribution in [0.2, 0.25) is 0 Å². The van der Waals surface area contributed by atoms with E-state index >= 15 is 0 Å². The smallest absolute Gasteiger partial charge is 0.289 e. The molecule has 1 aliphatic heterocycles. The van der Waals surface area contributed by atoms with Crippen LogP contribution in [0.4, 0.5) is 0 Å².